The van der Waals surface area contributed by atoms with Gasteiger partial charge in [0, 0.05) is 30.1 Å². The van der Waals surface area contributed by atoms with E-state index in [9.17, 15) is 4.79 Å². The monoisotopic (exact) mass is 430 g/mol. The molecule has 6 heteroatoms. The average molecular weight is 431 g/mol. The molecule has 0 atom stereocenters. The van der Waals surface area contributed by atoms with Crippen LogP contribution in [0.3, 0.4) is 0 Å². The molecule has 0 saturated heterocycles. The van der Waals surface area contributed by atoms with Crippen molar-refractivity contribution in [1.29, 1.82) is 0 Å². The number of carbonyl (C=O) groups is 1. The number of aromatic nitrogens is 1. The smallest absolute Gasteiger partial charge is 0.220 e. The van der Waals surface area contributed by atoms with E-state index in [1.54, 1.807) is 24.6 Å². The summed E-state index contributed by atoms with van der Waals surface area (Å²) in [5.74, 6) is 0.813. The van der Waals surface area contributed by atoms with Gasteiger partial charge in [0.05, 0.1) is 17.3 Å². The summed E-state index contributed by atoms with van der Waals surface area (Å²) in [6.45, 7) is 0.476. The van der Waals surface area contributed by atoms with Gasteiger partial charge in [-0.3, -0.25) is 9.78 Å². The largest absolute Gasteiger partial charge is 0.496 e. The molecule has 3 rings (SSSR count). The number of nitrogens with zero attached hydrogens (tertiary/aromatic N) is 1. The Labute approximate surface area is 165 Å². The van der Waals surface area contributed by atoms with Crippen molar-refractivity contribution in [2.45, 2.75) is 19.4 Å². The van der Waals surface area contributed by atoms with Gasteiger partial charge in [-0.25, -0.2) is 0 Å². The number of carbonyl (C=O) groups excluding carboxylic acids is 1. The second-order valence-electron chi connectivity index (χ2n) is 5.77. The van der Waals surface area contributed by atoms with Gasteiger partial charge in [-0.2, -0.15) is 11.3 Å². The Balaban J connectivity index is 1.56. The van der Waals surface area contributed by atoms with Crippen molar-refractivity contribution in [3.8, 4) is 17.0 Å². The molecule has 0 aliphatic heterocycles. The molecular formula is C20H19BrN2O2S. The number of rotatable bonds is 7. The first kappa shape index (κ1) is 18.6. The van der Waals surface area contributed by atoms with Gasteiger partial charge in [0.1, 0.15) is 5.75 Å². The Morgan fingerprint density at radius 3 is 2.92 bits per heavy atom. The molecule has 1 amide bonds. The molecule has 3 aromatic rings. The molecule has 2 heterocycles. The minimum atomic E-state index is 0.0251. The number of nitrogens with one attached hydrogen (secondary N) is 1. The molecule has 0 aliphatic rings. The molecule has 1 N–H and O–H groups in total. The summed E-state index contributed by atoms with van der Waals surface area (Å²) in [6.07, 6.45) is 2.89. The number of hydrogen-bond acceptors (Lipinski definition) is 4. The second-order valence-corrected chi connectivity index (χ2v) is 7.40. The van der Waals surface area contributed by atoms with Gasteiger partial charge in [-0.1, -0.05) is 12.1 Å². The zero-order chi connectivity index (χ0) is 18.4. The number of aryl methyl sites for hydroxylation is 1. The topological polar surface area (TPSA) is 51.2 Å². The zero-order valence-corrected chi connectivity index (χ0v) is 16.8. The van der Waals surface area contributed by atoms with Gasteiger partial charge in [0.2, 0.25) is 5.91 Å². The number of halogens is 1. The van der Waals surface area contributed by atoms with E-state index in [1.165, 1.54) is 0 Å². The van der Waals surface area contributed by atoms with Crippen LogP contribution < -0.4 is 10.1 Å². The molecule has 2 aromatic heterocycles. The van der Waals surface area contributed by atoms with Crippen LogP contribution in [0.1, 0.15) is 17.5 Å². The van der Waals surface area contributed by atoms with Crippen LogP contribution in [-0.2, 0) is 17.8 Å². The number of thiophene rings is 1. The third-order valence-electron chi connectivity index (χ3n) is 4.02. The summed E-state index contributed by atoms with van der Waals surface area (Å²) >= 11 is 5.11. The summed E-state index contributed by atoms with van der Waals surface area (Å²) in [7, 11) is 1.63. The summed E-state index contributed by atoms with van der Waals surface area (Å²) in [5.41, 5.74) is 4.12. The van der Waals surface area contributed by atoms with Gasteiger partial charge >= 0.3 is 0 Å². The van der Waals surface area contributed by atoms with E-state index < -0.39 is 0 Å². The summed E-state index contributed by atoms with van der Waals surface area (Å²) in [6, 6.07) is 11.8. The van der Waals surface area contributed by atoms with Crippen molar-refractivity contribution in [2.24, 2.45) is 0 Å². The summed E-state index contributed by atoms with van der Waals surface area (Å²) in [5, 5.41) is 7.09. The number of amides is 1. The van der Waals surface area contributed by atoms with Gasteiger partial charge in [-0.15, -0.1) is 0 Å². The second kappa shape index (κ2) is 8.96. The predicted octanol–water partition coefficient (Wildman–Crippen LogP) is 4.83. The summed E-state index contributed by atoms with van der Waals surface area (Å²) in [4.78, 5) is 16.7. The lowest BCUT2D eigenvalue weighted by molar-refractivity contribution is -0.121. The molecule has 0 radical (unpaired) electrons. The number of methoxy groups -OCH3 is 1. The molecule has 1 aromatic carbocycles. The fraction of sp³-hybridized carbons (Fsp3) is 0.200. The van der Waals surface area contributed by atoms with E-state index in [-0.39, 0.29) is 5.91 Å². The highest BCUT2D eigenvalue weighted by Gasteiger charge is 2.09. The lowest BCUT2D eigenvalue weighted by Gasteiger charge is -2.10. The van der Waals surface area contributed by atoms with E-state index in [4.69, 9.17) is 4.74 Å². The van der Waals surface area contributed by atoms with Crippen LogP contribution in [0.15, 0.2) is 57.8 Å². The maximum absolute atomic E-state index is 12.2. The lowest BCUT2D eigenvalue weighted by Crippen LogP contribution is -2.23. The fourth-order valence-corrected chi connectivity index (χ4v) is 3.87. The maximum atomic E-state index is 12.2. The molecular weight excluding hydrogens is 412 g/mol. The highest BCUT2D eigenvalue weighted by molar-refractivity contribution is 9.10. The highest BCUT2D eigenvalue weighted by Crippen LogP contribution is 2.26. The van der Waals surface area contributed by atoms with Crippen molar-refractivity contribution in [1.82, 2.24) is 10.3 Å². The number of hydrogen-bond donors (Lipinski definition) is 1. The zero-order valence-electron chi connectivity index (χ0n) is 14.4. The van der Waals surface area contributed by atoms with Crippen molar-refractivity contribution in [2.75, 3.05) is 7.11 Å². The normalized spacial score (nSPS) is 10.5. The van der Waals surface area contributed by atoms with Crippen LogP contribution in [0.4, 0.5) is 0 Å². The molecule has 4 nitrogen and oxygen atoms in total. The number of pyridine rings is 1. The first-order valence-electron chi connectivity index (χ1n) is 8.23. The van der Waals surface area contributed by atoms with Crippen LogP contribution in [0, 0.1) is 0 Å². The highest BCUT2D eigenvalue weighted by atomic mass is 79.9. The van der Waals surface area contributed by atoms with Crippen LogP contribution in [0.2, 0.25) is 0 Å². The fourth-order valence-electron chi connectivity index (χ4n) is 2.65. The van der Waals surface area contributed by atoms with Crippen LogP contribution >= 0.6 is 27.3 Å². The predicted molar refractivity (Wildman–Crippen MR) is 108 cm³/mol. The molecule has 134 valence electrons. The Hall–Kier alpha value is -2.18. The summed E-state index contributed by atoms with van der Waals surface area (Å²) < 4.78 is 6.12. The first-order chi connectivity index (χ1) is 12.7. The van der Waals surface area contributed by atoms with Crippen molar-refractivity contribution >= 4 is 33.2 Å². The minimum Gasteiger partial charge on any atom is -0.496 e. The molecule has 0 bridgehead atoms. The van der Waals surface area contributed by atoms with E-state index in [0.717, 1.165) is 32.6 Å². The SMILES string of the molecule is COc1ccc(CCC(=O)NCc2cccnc2-c2ccsc2)cc1Br. The van der Waals surface area contributed by atoms with E-state index in [2.05, 4.69) is 31.6 Å². The van der Waals surface area contributed by atoms with Crippen LogP contribution in [-0.4, -0.2) is 18.0 Å². The Kier molecular flexibility index (Phi) is 6.41. The van der Waals surface area contributed by atoms with Crippen molar-refractivity contribution in [3.63, 3.8) is 0 Å². The van der Waals surface area contributed by atoms with Crippen molar-refractivity contribution < 1.29 is 9.53 Å². The van der Waals surface area contributed by atoms with E-state index in [1.807, 2.05) is 41.8 Å². The van der Waals surface area contributed by atoms with Gasteiger partial charge in [-0.05, 0) is 63.1 Å². The molecule has 0 spiro atoms. The molecule has 0 aliphatic carbocycles. The maximum Gasteiger partial charge on any atom is 0.220 e. The molecule has 0 saturated carbocycles. The first-order valence-corrected chi connectivity index (χ1v) is 9.96. The van der Waals surface area contributed by atoms with Gasteiger partial charge < -0.3 is 10.1 Å². The standard InChI is InChI=1S/C20H19BrN2O2S/c1-25-18-6-4-14(11-17(18)21)5-7-19(24)23-12-15-3-2-9-22-20(15)16-8-10-26-13-16/h2-4,6,8-11,13H,5,7,12H2,1H3,(H,23,24). The third-order valence-corrected chi connectivity index (χ3v) is 5.32. The van der Waals surface area contributed by atoms with Crippen molar-refractivity contribution in [3.05, 3.63) is 69.0 Å². The quantitative estimate of drug-likeness (QED) is 0.583. The minimum absolute atomic E-state index is 0.0251. The van der Waals surface area contributed by atoms with E-state index >= 15 is 0 Å². The molecule has 26 heavy (non-hydrogen) atoms. The van der Waals surface area contributed by atoms with Crippen LogP contribution in [0.5, 0.6) is 5.75 Å². The Morgan fingerprint density at radius 1 is 1.31 bits per heavy atom. The average Bonchev–Trinajstić information content (AvgIpc) is 3.19. The lowest BCUT2D eigenvalue weighted by atomic mass is 10.1. The van der Waals surface area contributed by atoms with E-state index in [0.29, 0.717) is 19.4 Å². The number of benzene rings is 1. The molecule has 0 fully saturated rings. The van der Waals surface area contributed by atoms with Gasteiger partial charge in [0.25, 0.3) is 0 Å². The Morgan fingerprint density at radius 2 is 2.19 bits per heavy atom. The number of ether oxygens (including phenoxy) is 1. The third kappa shape index (κ3) is 4.71. The Bertz CT molecular complexity index is 881. The van der Waals surface area contributed by atoms with Gasteiger partial charge in [0.15, 0.2) is 0 Å². The molecule has 0 unspecified atom stereocenters. The van der Waals surface area contributed by atoms with Crippen LogP contribution in [0.25, 0.3) is 11.3 Å².